The van der Waals surface area contributed by atoms with Crippen molar-refractivity contribution in [1.82, 2.24) is 20.0 Å². The number of nitrogens with one attached hydrogen (secondary N) is 1. The van der Waals surface area contributed by atoms with E-state index in [1.807, 2.05) is 13.8 Å². The lowest BCUT2D eigenvalue weighted by Gasteiger charge is -2.35. The minimum atomic E-state index is -0.299. The fourth-order valence-corrected chi connectivity index (χ4v) is 3.88. The summed E-state index contributed by atoms with van der Waals surface area (Å²) in [6, 6.07) is -0.256. The summed E-state index contributed by atoms with van der Waals surface area (Å²) in [6.45, 7) is 14.6. The third kappa shape index (κ3) is 13.0. The van der Waals surface area contributed by atoms with Crippen LogP contribution < -0.4 is 11.1 Å². The summed E-state index contributed by atoms with van der Waals surface area (Å²) in [4.78, 5) is 39.9. The summed E-state index contributed by atoms with van der Waals surface area (Å²) in [7, 11) is 3.92. The number of rotatable bonds is 8. The van der Waals surface area contributed by atoms with E-state index < -0.39 is 0 Å². The van der Waals surface area contributed by atoms with Gasteiger partial charge in [-0.3, -0.25) is 19.3 Å². The number of primary amides is 1. The Labute approximate surface area is 196 Å². The smallest absolute Gasteiger partial charge is 0.241 e. The first-order valence-corrected chi connectivity index (χ1v) is 12.2. The van der Waals surface area contributed by atoms with Crippen LogP contribution in [0.25, 0.3) is 0 Å². The van der Waals surface area contributed by atoms with Gasteiger partial charge in [-0.15, -0.1) is 0 Å². The summed E-state index contributed by atoms with van der Waals surface area (Å²) in [5.41, 5.74) is 5.43. The number of nitrogens with zero attached hydrogens (tertiary/aromatic N) is 3. The lowest BCUT2D eigenvalue weighted by molar-refractivity contribution is -0.133. The van der Waals surface area contributed by atoms with Crippen LogP contribution in [0.5, 0.6) is 0 Å². The molecule has 8 nitrogen and oxygen atoms in total. The standard InChI is InChI=1S/C14H26N4O3.C6H13N.C4H10/c1-10(2)12(17(3)13(20)7-16-9-19)8-18-6-4-5-11(18)14(15)21;1-7-5-3-2-4-6-7;1-4(2)3/h9-12H,4-8H2,1-3H3,(H2,15,21)(H,16,19);2-6H2,1H3;4H,1-3H3/t11-,12+;;/m0../s1. The highest BCUT2D eigenvalue weighted by Gasteiger charge is 2.33. The van der Waals surface area contributed by atoms with Crippen molar-refractivity contribution in [3.05, 3.63) is 0 Å². The molecule has 3 amide bonds. The van der Waals surface area contributed by atoms with Gasteiger partial charge in [0.2, 0.25) is 18.2 Å². The van der Waals surface area contributed by atoms with Gasteiger partial charge in [0.1, 0.15) is 0 Å². The van der Waals surface area contributed by atoms with E-state index in [9.17, 15) is 14.4 Å². The van der Waals surface area contributed by atoms with Crippen LogP contribution in [-0.4, -0.2) is 91.8 Å². The highest BCUT2D eigenvalue weighted by Crippen LogP contribution is 2.20. The van der Waals surface area contributed by atoms with E-state index in [4.69, 9.17) is 5.73 Å². The average Bonchev–Trinajstić information content (AvgIpc) is 3.19. The van der Waals surface area contributed by atoms with Crippen molar-refractivity contribution in [3.63, 3.8) is 0 Å². The van der Waals surface area contributed by atoms with E-state index in [2.05, 4.69) is 42.9 Å². The number of carbonyl (C=O) groups is 3. The average molecular weight is 456 g/mol. The molecule has 3 N–H and O–H groups in total. The van der Waals surface area contributed by atoms with Crippen LogP contribution >= 0.6 is 0 Å². The molecule has 2 saturated heterocycles. The number of amides is 3. The fraction of sp³-hybridized carbons (Fsp3) is 0.875. The van der Waals surface area contributed by atoms with E-state index in [-0.39, 0.29) is 36.4 Å². The number of carbonyl (C=O) groups excluding carboxylic acids is 3. The van der Waals surface area contributed by atoms with Crippen LogP contribution in [0, 0.1) is 11.8 Å². The highest BCUT2D eigenvalue weighted by molar-refractivity contribution is 5.81. The zero-order valence-corrected chi connectivity index (χ0v) is 21.6. The summed E-state index contributed by atoms with van der Waals surface area (Å²) in [5.74, 6) is 0.631. The third-order valence-electron chi connectivity index (χ3n) is 5.69. The molecular weight excluding hydrogens is 406 g/mol. The van der Waals surface area contributed by atoms with Gasteiger partial charge in [-0.25, -0.2) is 0 Å². The third-order valence-corrected chi connectivity index (χ3v) is 5.69. The maximum Gasteiger partial charge on any atom is 0.241 e. The molecule has 0 aromatic carbocycles. The molecule has 0 aromatic rings. The number of likely N-dealkylation sites (N-methyl/N-ethyl adjacent to an activating group) is 1. The van der Waals surface area contributed by atoms with Crippen LogP contribution in [0.1, 0.15) is 66.7 Å². The molecule has 0 saturated carbocycles. The van der Waals surface area contributed by atoms with Gasteiger partial charge >= 0.3 is 0 Å². The Morgan fingerprint density at radius 3 is 2.03 bits per heavy atom. The van der Waals surface area contributed by atoms with Gasteiger partial charge in [0.05, 0.1) is 12.6 Å². The molecule has 0 aromatic heterocycles. The molecule has 8 heteroatoms. The molecule has 2 heterocycles. The van der Waals surface area contributed by atoms with Crippen LogP contribution in [0.3, 0.4) is 0 Å². The van der Waals surface area contributed by atoms with Crippen molar-refractivity contribution < 1.29 is 14.4 Å². The molecule has 2 rings (SSSR count). The van der Waals surface area contributed by atoms with Crippen LogP contribution in [-0.2, 0) is 14.4 Å². The lowest BCUT2D eigenvalue weighted by atomic mass is 10.0. The Bertz CT molecular complexity index is 533. The molecule has 0 bridgehead atoms. The second kappa shape index (κ2) is 16.9. The molecule has 188 valence electrons. The molecular formula is C24H49N5O3. The SMILES string of the molecule is CC(C)C.CC(C)[C@@H](CN1CCC[C@H]1C(N)=O)N(C)C(=O)CNC=O.CN1CCCCC1. The van der Waals surface area contributed by atoms with Crippen molar-refractivity contribution in [3.8, 4) is 0 Å². The van der Waals surface area contributed by atoms with Crippen molar-refractivity contribution in [2.45, 2.75) is 78.8 Å². The number of hydrogen-bond acceptors (Lipinski definition) is 5. The van der Waals surface area contributed by atoms with Gasteiger partial charge in [-0.2, -0.15) is 0 Å². The topological polar surface area (TPSA) is 99.0 Å². The van der Waals surface area contributed by atoms with Gasteiger partial charge in [-0.1, -0.05) is 41.0 Å². The molecule has 0 aliphatic carbocycles. The fourth-order valence-electron chi connectivity index (χ4n) is 3.88. The number of piperidine rings is 1. The normalized spacial score (nSPS) is 20.0. The Kier molecular flexibility index (Phi) is 16.0. The number of nitrogens with two attached hydrogens (primary N) is 1. The predicted octanol–water partition coefficient (Wildman–Crippen LogP) is 1.93. The van der Waals surface area contributed by atoms with Gasteiger partial charge in [-0.05, 0) is 64.2 Å². The maximum absolute atomic E-state index is 12.0. The van der Waals surface area contributed by atoms with E-state index >= 15 is 0 Å². The van der Waals surface area contributed by atoms with Crippen molar-refractivity contribution in [1.29, 1.82) is 0 Å². The van der Waals surface area contributed by atoms with Gasteiger partial charge in [0.25, 0.3) is 0 Å². The summed E-state index contributed by atoms with van der Waals surface area (Å²) in [6.07, 6.45) is 6.52. The van der Waals surface area contributed by atoms with Crippen molar-refractivity contribution in [2.75, 3.05) is 46.8 Å². The van der Waals surface area contributed by atoms with Gasteiger partial charge < -0.3 is 20.9 Å². The zero-order valence-electron chi connectivity index (χ0n) is 21.6. The molecule has 2 aliphatic rings. The van der Waals surface area contributed by atoms with E-state index in [0.29, 0.717) is 13.0 Å². The largest absolute Gasteiger partial charge is 0.368 e. The van der Waals surface area contributed by atoms with Crippen molar-refractivity contribution >= 4 is 18.2 Å². The summed E-state index contributed by atoms with van der Waals surface area (Å²) in [5, 5.41) is 2.38. The monoisotopic (exact) mass is 455 g/mol. The maximum atomic E-state index is 12.0. The van der Waals surface area contributed by atoms with E-state index in [0.717, 1.165) is 25.3 Å². The Hall–Kier alpha value is -1.67. The molecule has 0 unspecified atom stereocenters. The van der Waals surface area contributed by atoms with Crippen molar-refractivity contribution in [2.24, 2.45) is 17.6 Å². The summed E-state index contributed by atoms with van der Waals surface area (Å²) >= 11 is 0. The molecule has 32 heavy (non-hydrogen) atoms. The molecule has 2 aliphatic heterocycles. The Balaban J connectivity index is 0.000000712. The Morgan fingerprint density at radius 1 is 1.06 bits per heavy atom. The second-order valence-electron chi connectivity index (χ2n) is 9.97. The first-order chi connectivity index (χ1) is 15.0. The highest BCUT2D eigenvalue weighted by atomic mass is 16.2. The molecule has 0 spiro atoms. The summed E-state index contributed by atoms with van der Waals surface area (Å²) < 4.78 is 0. The second-order valence-corrected chi connectivity index (χ2v) is 9.97. The van der Waals surface area contributed by atoms with Crippen LogP contribution in [0.15, 0.2) is 0 Å². The lowest BCUT2D eigenvalue weighted by Crippen LogP contribution is -2.52. The number of hydrogen-bond donors (Lipinski definition) is 2. The van der Waals surface area contributed by atoms with Gasteiger partial charge in [0, 0.05) is 19.6 Å². The van der Waals surface area contributed by atoms with E-state index in [1.54, 1.807) is 11.9 Å². The molecule has 2 atom stereocenters. The first-order valence-electron chi connectivity index (χ1n) is 12.2. The molecule has 0 radical (unpaired) electrons. The molecule has 2 fully saturated rings. The van der Waals surface area contributed by atoms with Gasteiger partial charge in [0.15, 0.2) is 0 Å². The predicted molar refractivity (Wildman–Crippen MR) is 131 cm³/mol. The minimum absolute atomic E-state index is 0.0114. The first kappa shape index (κ1) is 30.3. The minimum Gasteiger partial charge on any atom is -0.368 e. The number of likely N-dealkylation sites (tertiary alicyclic amines) is 2. The quantitative estimate of drug-likeness (QED) is 0.545. The Morgan fingerprint density at radius 2 is 1.62 bits per heavy atom. The van der Waals surface area contributed by atoms with Crippen LogP contribution in [0.2, 0.25) is 0 Å². The van der Waals surface area contributed by atoms with Crippen LogP contribution in [0.4, 0.5) is 0 Å². The zero-order chi connectivity index (χ0) is 24.7. The van der Waals surface area contributed by atoms with E-state index in [1.165, 1.54) is 32.4 Å².